The Bertz CT molecular complexity index is 855. The maximum Gasteiger partial charge on any atom is 0.247 e. The van der Waals surface area contributed by atoms with Gasteiger partial charge in [-0.3, -0.25) is 4.79 Å². The minimum Gasteiger partial charge on any atom is -0.421 e. The fourth-order valence-electron chi connectivity index (χ4n) is 2.48. The number of aromatic nitrogens is 3. The van der Waals surface area contributed by atoms with Crippen LogP contribution in [0, 0.1) is 6.92 Å². The van der Waals surface area contributed by atoms with Gasteiger partial charge < -0.3 is 14.3 Å². The molecule has 120 valence electrons. The third kappa shape index (κ3) is 3.41. The van der Waals surface area contributed by atoms with Crippen molar-refractivity contribution in [3.63, 3.8) is 0 Å². The van der Waals surface area contributed by atoms with Crippen molar-refractivity contribution in [2.24, 2.45) is 0 Å². The average molecular weight is 312 g/mol. The standard InChI is InChI=1S/C17H20N4O2/c1-11-19-20-16(23-11)13-6-5-12-7-8-21(14(12)9-13)10-15(22)18-17(2,3)4/h5-9H,10H2,1-4H3,(H,18,22). The zero-order chi connectivity index (χ0) is 16.6. The molecule has 0 aliphatic heterocycles. The van der Waals surface area contributed by atoms with Gasteiger partial charge in [-0.25, -0.2) is 0 Å². The van der Waals surface area contributed by atoms with Crippen LogP contribution in [-0.2, 0) is 11.3 Å². The molecule has 6 nitrogen and oxygen atoms in total. The van der Waals surface area contributed by atoms with E-state index in [-0.39, 0.29) is 18.0 Å². The molecular weight excluding hydrogens is 292 g/mol. The summed E-state index contributed by atoms with van der Waals surface area (Å²) < 4.78 is 7.39. The van der Waals surface area contributed by atoms with Gasteiger partial charge in [0.25, 0.3) is 0 Å². The molecule has 6 heteroatoms. The Morgan fingerprint density at radius 1 is 1.26 bits per heavy atom. The van der Waals surface area contributed by atoms with Crippen LogP contribution >= 0.6 is 0 Å². The zero-order valence-electron chi connectivity index (χ0n) is 13.8. The van der Waals surface area contributed by atoms with E-state index in [4.69, 9.17) is 4.42 Å². The molecule has 0 unspecified atom stereocenters. The number of benzene rings is 1. The van der Waals surface area contributed by atoms with Gasteiger partial charge in [-0.2, -0.15) is 0 Å². The lowest BCUT2D eigenvalue weighted by molar-refractivity contribution is -0.123. The van der Waals surface area contributed by atoms with Gasteiger partial charge in [0.2, 0.25) is 17.7 Å². The molecule has 1 aromatic carbocycles. The topological polar surface area (TPSA) is 73.0 Å². The molecule has 0 radical (unpaired) electrons. The number of aryl methyl sites for hydroxylation is 1. The van der Waals surface area contributed by atoms with Gasteiger partial charge in [-0.1, -0.05) is 6.07 Å². The third-order valence-corrected chi connectivity index (χ3v) is 3.38. The molecule has 2 aromatic heterocycles. The van der Waals surface area contributed by atoms with Gasteiger partial charge in [-0.05, 0) is 44.4 Å². The van der Waals surface area contributed by atoms with Gasteiger partial charge >= 0.3 is 0 Å². The summed E-state index contributed by atoms with van der Waals surface area (Å²) in [6.45, 7) is 7.93. The Morgan fingerprint density at radius 3 is 2.70 bits per heavy atom. The Kier molecular flexibility index (Phi) is 3.67. The van der Waals surface area contributed by atoms with Crippen LogP contribution in [0.2, 0.25) is 0 Å². The molecule has 0 saturated heterocycles. The highest BCUT2D eigenvalue weighted by molar-refractivity contribution is 5.86. The van der Waals surface area contributed by atoms with E-state index in [0.717, 1.165) is 16.5 Å². The van der Waals surface area contributed by atoms with Crippen molar-refractivity contribution in [2.45, 2.75) is 39.8 Å². The minimum atomic E-state index is -0.244. The van der Waals surface area contributed by atoms with E-state index < -0.39 is 0 Å². The van der Waals surface area contributed by atoms with Crippen LogP contribution in [0.1, 0.15) is 26.7 Å². The van der Waals surface area contributed by atoms with Crippen molar-refractivity contribution in [2.75, 3.05) is 0 Å². The molecule has 0 atom stereocenters. The molecule has 2 heterocycles. The minimum absolute atomic E-state index is 0.0194. The number of nitrogens with one attached hydrogen (secondary N) is 1. The first-order chi connectivity index (χ1) is 10.8. The number of amides is 1. The smallest absolute Gasteiger partial charge is 0.247 e. The summed E-state index contributed by atoms with van der Waals surface area (Å²) in [6.07, 6.45) is 1.91. The Balaban J connectivity index is 1.91. The monoisotopic (exact) mass is 312 g/mol. The summed E-state index contributed by atoms with van der Waals surface area (Å²) in [4.78, 5) is 12.2. The Labute approximate surface area is 134 Å². The lowest BCUT2D eigenvalue weighted by Gasteiger charge is -2.20. The fraction of sp³-hybridized carbons (Fsp3) is 0.353. The molecular formula is C17H20N4O2. The van der Waals surface area contributed by atoms with Crippen LogP contribution < -0.4 is 5.32 Å². The van der Waals surface area contributed by atoms with Gasteiger partial charge in [0.1, 0.15) is 6.54 Å². The van der Waals surface area contributed by atoms with Crippen molar-refractivity contribution >= 4 is 16.8 Å². The number of hydrogen-bond acceptors (Lipinski definition) is 4. The van der Waals surface area contributed by atoms with Crippen LogP contribution in [0.15, 0.2) is 34.9 Å². The number of carbonyl (C=O) groups is 1. The van der Waals surface area contributed by atoms with Crippen molar-refractivity contribution in [1.82, 2.24) is 20.1 Å². The Morgan fingerprint density at radius 2 is 2.04 bits per heavy atom. The molecule has 0 fully saturated rings. The first-order valence-corrected chi connectivity index (χ1v) is 7.52. The maximum absolute atomic E-state index is 12.2. The van der Waals surface area contributed by atoms with Gasteiger partial charge in [0, 0.05) is 29.7 Å². The predicted octanol–water partition coefficient (Wildman–Crippen LogP) is 2.91. The molecule has 0 spiro atoms. The lowest BCUT2D eigenvalue weighted by Crippen LogP contribution is -2.42. The van der Waals surface area contributed by atoms with Gasteiger partial charge in [0.15, 0.2) is 0 Å². The Hall–Kier alpha value is -2.63. The highest BCUT2D eigenvalue weighted by atomic mass is 16.4. The van der Waals surface area contributed by atoms with Crippen LogP contribution in [-0.4, -0.2) is 26.2 Å². The summed E-state index contributed by atoms with van der Waals surface area (Å²) in [5.74, 6) is 0.991. The lowest BCUT2D eigenvalue weighted by atomic mass is 10.1. The van der Waals surface area contributed by atoms with Gasteiger partial charge in [0.05, 0.1) is 0 Å². The highest BCUT2D eigenvalue weighted by Crippen LogP contribution is 2.24. The molecule has 23 heavy (non-hydrogen) atoms. The van der Waals surface area contributed by atoms with E-state index in [2.05, 4.69) is 15.5 Å². The van der Waals surface area contributed by atoms with Crippen molar-refractivity contribution in [3.8, 4) is 11.5 Å². The second kappa shape index (κ2) is 5.53. The predicted molar refractivity (Wildman–Crippen MR) is 87.9 cm³/mol. The van der Waals surface area contributed by atoms with Crippen LogP contribution in [0.5, 0.6) is 0 Å². The number of nitrogens with zero attached hydrogens (tertiary/aromatic N) is 3. The number of rotatable bonds is 3. The second-order valence-electron chi connectivity index (χ2n) is 6.64. The van der Waals surface area contributed by atoms with E-state index >= 15 is 0 Å². The van der Waals surface area contributed by atoms with Crippen LogP contribution in [0.3, 0.4) is 0 Å². The van der Waals surface area contributed by atoms with E-state index in [0.29, 0.717) is 11.8 Å². The average Bonchev–Trinajstić information content (AvgIpc) is 3.03. The number of hydrogen-bond donors (Lipinski definition) is 1. The SMILES string of the molecule is Cc1nnc(-c2ccc3ccn(CC(=O)NC(C)(C)C)c3c2)o1. The zero-order valence-corrected chi connectivity index (χ0v) is 13.8. The quantitative estimate of drug-likeness (QED) is 0.807. The van der Waals surface area contributed by atoms with Gasteiger partial charge in [-0.15, -0.1) is 10.2 Å². The van der Waals surface area contributed by atoms with Crippen molar-refractivity contribution < 1.29 is 9.21 Å². The number of carbonyl (C=O) groups excluding carboxylic acids is 1. The highest BCUT2D eigenvalue weighted by Gasteiger charge is 2.15. The van der Waals surface area contributed by atoms with E-state index in [9.17, 15) is 4.79 Å². The molecule has 3 rings (SSSR count). The summed E-state index contributed by atoms with van der Waals surface area (Å²) in [7, 11) is 0. The van der Waals surface area contributed by atoms with E-state index in [1.165, 1.54) is 0 Å². The largest absolute Gasteiger partial charge is 0.421 e. The van der Waals surface area contributed by atoms with E-state index in [1.807, 2.05) is 55.8 Å². The maximum atomic E-state index is 12.2. The summed E-state index contributed by atoms with van der Waals surface area (Å²) in [5.41, 5.74) is 1.56. The first kappa shape index (κ1) is 15.3. The molecule has 1 amide bonds. The summed E-state index contributed by atoms with van der Waals surface area (Å²) >= 11 is 0. The molecule has 0 aliphatic rings. The third-order valence-electron chi connectivity index (χ3n) is 3.38. The fourth-order valence-corrected chi connectivity index (χ4v) is 2.48. The number of fused-ring (bicyclic) bond motifs is 1. The van der Waals surface area contributed by atoms with Crippen molar-refractivity contribution in [3.05, 3.63) is 36.4 Å². The normalized spacial score (nSPS) is 11.8. The van der Waals surface area contributed by atoms with Crippen LogP contribution in [0.4, 0.5) is 0 Å². The first-order valence-electron chi connectivity index (χ1n) is 7.52. The van der Waals surface area contributed by atoms with E-state index in [1.54, 1.807) is 6.92 Å². The second-order valence-corrected chi connectivity index (χ2v) is 6.64. The molecule has 1 N–H and O–H groups in total. The van der Waals surface area contributed by atoms with Crippen molar-refractivity contribution in [1.29, 1.82) is 0 Å². The van der Waals surface area contributed by atoms with Crippen LogP contribution in [0.25, 0.3) is 22.4 Å². The summed E-state index contributed by atoms with van der Waals surface area (Å²) in [6, 6.07) is 7.88. The molecule has 0 saturated carbocycles. The summed E-state index contributed by atoms with van der Waals surface area (Å²) in [5, 5.41) is 11.9. The molecule has 3 aromatic rings. The molecule has 0 bridgehead atoms. The molecule has 0 aliphatic carbocycles.